The van der Waals surface area contributed by atoms with Crippen LogP contribution >= 0.6 is 0 Å². The Morgan fingerprint density at radius 2 is 2.00 bits per heavy atom. The number of hydrogen-bond donors (Lipinski definition) is 1. The van der Waals surface area contributed by atoms with Gasteiger partial charge in [0.15, 0.2) is 5.69 Å². The lowest BCUT2D eigenvalue weighted by atomic mass is 10.3. The topological polar surface area (TPSA) is 67.9 Å². The van der Waals surface area contributed by atoms with Crippen molar-refractivity contribution in [2.75, 3.05) is 17.7 Å². The van der Waals surface area contributed by atoms with Gasteiger partial charge in [-0.3, -0.25) is 4.98 Å². The minimum absolute atomic E-state index is 0.0930. The third kappa shape index (κ3) is 3.34. The van der Waals surface area contributed by atoms with Gasteiger partial charge in [0.25, 0.3) is 0 Å². The van der Waals surface area contributed by atoms with Crippen LogP contribution in [-0.4, -0.2) is 22.0 Å². The van der Waals surface area contributed by atoms with E-state index in [0.717, 1.165) is 6.07 Å². The minimum atomic E-state index is -4.56. The van der Waals surface area contributed by atoms with Gasteiger partial charge in [0, 0.05) is 19.3 Å². The second-order valence-corrected chi connectivity index (χ2v) is 4.14. The van der Waals surface area contributed by atoms with Gasteiger partial charge in [-0.1, -0.05) is 6.07 Å². The predicted molar refractivity (Wildman–Crippen MR) is 67.8 cm³/mol. The summed E-state index contributed by atoms with van der Waals surface area (Å²) in [6.07, 6.45) is -2.95. The van der Waals surface area contributed by atoms with Crippen LogP contribution < -0.4 is 10.6 Å². The second kappa shape index (κ2) is 5.32. The number of hydrogen-bond acceptors (Lipinski definition) is 5. The third-order valence-electron chi connectivity index (χ3n) is 2.54. The second-order valence-electron chi connectivity index (χ2n) is 4.14. The molecule has 0 fully saturated rings. The molecule has 0 atom stereocenters. The molecule has 2 N–H and O–H groups in total. The van der Waals surface area contributed by atoms with E-state index in [1.807, 2.05) is 0 Å². The maximum Gasteiger partial charge on any atom is 0.433 e. The Morgan fingerprint density at radius 1 is 1.25 bits per heavy atom. The maximum atomic E-state index is 12.7. The fourth-order valence-electron chi connectivity index (χ4n) is 1.61. The number of rotatable bonds is 3. The van der Waals surface area contributed by atoms with Crippen molar-refractivity contribution in [3.8, 4) is 0 Å². The first kappa shape index (κ1) is 14.0. The molecule has 0 aliphatic rings. The van der Waals surface area contributed by atoms with Gasteiger partial charge in [0.05, 0.1) is 12.2 Å². The maximum absolute atomic E-state index is 12.7. The molecule has 0 saturated heterocycles. The molecule has 8 heteroatoms. The average molecular weight is 283 g/mol. The summed E-state index contributed by atoms with van der Waals surface area (Å²) in [7, 11) is 1.61. The summed E-state index contributed by atoms with van der Waals surface area (Å²) in [6.45, 7) is 0.314. The summed E-state index contributed by atoms with van der Waals surface area (Å²) < 4.78 is 38.0. The van der Waals surface area contributed by atoms with Crippen LogP contribution in [0.15, 0.2) is 30.5 Å². The van der Waals surface area contributed by atoms with Gasteiger partial charge in [-0.25, -0.2) is 4.98 Å². The lowest BCUT2D eigenvalue weighted by molar-refractivity contribution is -0.141. The van der Waals surface area contributed by atoms with Crippen molar-refractivity contribution in [3.05, 3.63) is 41.9 Å². The van der Waals surface area contributed by atoms with E-state index in [1.165, 1.54) is 4.90 Å². The van der Waals surface area contributed by atoms with Crippen molar-refractivity contribution in [1.29, 1.82) is 0 Å². The van der Waals surface area contributed by atoms with Crippen LogP contribution in [0.2, 0.25) is 0 Å². The fraction of sp³-hybridized carbons (Fsp3) is 0.250. The zero-order valence-electron chi connectivity index (χ0n) is 10.6. The Balaban J connectivity index is 2.26. The van der Waals surface area contributed by atoms with E-state index >= 15 is 0 Å². The van der Waals surface area contributed by atoms with Crippen LogP contribution in [0.1, 0.15) is 11.4 Å². The van der Waals surface area contributed by atoms with E-state index < -0.39 is 17.8 Å². The summed E-state index contributed by atoms with van der Waals surface area (Å²) in [4.78, 5) is 12.6. The lowest BCUT2D eigenvalue weighted by Crippen LogP contribution is -2.21. The molecule has 2 aromatic heterocycles. The highest BCUT2D eigenvalue weighted by Crippen LogP contribution is 2.30. The molecule has 2 aromatic rings. The van der Waals surface area contributed by atoms with Gasteiger partial charge in [-0.15, -0.1) is 0 Å². The average Bonchev–Trinajstić information content (AvgIpc) is 2.38. The Bertz CT molecular complexity index is 585. The zero-order valence-corrected chi connectivity index (χ0v) is 10.6. The van der Waals surface area contributed by atoms with Crippen molar-refractivity contribution >= 4 is 11.8 Å². The number of nitrogens with two attached hydrogens (primary N) is 1. The van der Waals surface area contributed by atoms with Gasteiger partial charge in [-0.2, -0.15) is 18.2 Å². The normalized spacial score (nSPS) is 11.4. The Hall–Kier alpha value is -2.38. The summed E-state index contributed by atoms with van der Waals surface area (Å²) in [5.41, 5.74) is 4.97. The molecule has 0 aliphatic carbocycles. The largest absolute Gasteiger partial charge is 0.433 e. The summed E-state index contributed by atoms with van der Waals surface area (Å²) in [5.74, 6) is -0.321. The quantitative estimate of drug-likeness (QED) is 0.934. The van der Waals surface area contributed by atoms with Crippen LogP contribution in [0.3, 0.4) is 0 Å². The van der Waals surface area contributed by atoms with E-state index in [4.69, 9.17) is 5.73 Å². The molecule has 0 amide bonds. The van der Waals surface area contributed by atoms with Crippen LogP contribution in [0.25, 0.3) is 0 Å². The van der Waals surface area contributed by atoms with Crippen LogP contribution in [0.4, 0.5) is 24.9 Å². The molecule has 0 aliphatic heterocycles. The van der Waals surface area contributed by atoms with Crippen molar-refractivity contribution in [2.45, 2.75) is 12.7 Å². The minimum Gasteiger partial charge on any atom is -0.368 e. The van der Waals surface area contributed by atoms with Crippen molar-refractivity contribution in [2.24, 2.45) is 0 Å². The van der Waals surface area contributed by atoms with Crippen LogP contribution in [0, 0.1) is 0 Å². The Kier molecular flexibility index (Phi) is 3.73. The number of aromatic nitrogens is 3. The van der Waals surface area contributed by atoms with Gasteiger partial charge in [0.2, 0.25) is 5.95 Å². The first-order valence-electron chi connectivity index (χ1n) is 5.69. The molecule has 2 rings (SSSR count). The number of nitrogen functional groups attached to an aromatic ring is 1. The number of nitrogens with zero attached hydrogens (tertiary/aromatic N) is 4. The number of pyridine rings is 1. The SMILES string of the molecule is CN(Cc1ccccn1)c1cc(C(F)(F)F)nc(N)n1. The molecular weight excluding hydrogens is 271 g/mol. The molecule has 20 heavy (non-hydrogen) atoms. The highest BCUT2D eigenvalue weighted by molar-refractivity contribution is 5.43. The van der Waals surface area contributed by atoms with E-state index in [0.29, 0.717) is 12.2 Å². The van der Waals surface area contributed by atoms with E-state index in [-0.39, 0.29) is 5.82 Å². The van der Waals surface area contributed by atoms with E-state index in [1.54, 1.807) is 31.4 Å². The fourth-order valence-corrected chi connectivity index (χ4v) is 1.61. The van der Waals surface area contributed by atoms with Gasteiger partial charge in [0.1, 0.15) is 5.82 Å². The van der Waals surface area contributed by atoms with E-state index in [2.05, 4.69) is 15.0 Å². The van der Waals surface area contributed by atoms with Crippen LogP contribution in [-0.2, 0) is 12.7 Å². The highest BCUT2D eigenvalue weighted by atomic mass is 19.4. The third-order valence-corrected chi connectivity index (χ3v) is 2.54. The summed E-state index contributed by atoms with van der Waals surface area (Å²) in [6, 6.07) is 6.19. The monoisotopic (exact) mass is 283 g/mol. The van der Waals surface area contributed by atoms with Gasteiger partial charge >= 0.3 is 6.18 Å². The molecule has 0 spiro atoms. The van der Waals surface area contributed by atoms with Crippen LogP contribution in [0.5, 0.6) is 0 Å². The number of alkyl halides is 3. The standard InChI is InChI=1S/C12H12F3N5/c1-20(7-8-4-2-3-5-17-8)10-6-9(12(13,14)15)18-11(16)19-10/h2-6H,7H2,1H3,(H2,16,18,19). The van der Waals surface area contributed by atoms with Gasteiger partial charge in [-0.05, 0) is 12.1 Å². The van der Waals surface area contributed by atoms with Gasteiger partial charge < -0.3 is 10.6 Å². The molecule has 0 radical (unpaired) electrons. The number of anilines is 2. The highest BCUT2D eigenvalue weighted by Gasteiger charge is 2.33. The Labute approximate surface area is 113 Å². The van der Waals surface area contributed by atoms with Crippen molar-refractivity contribution in [1.82, 2.24) is 15.0 Å². The molecule has 2 heterocycles. The summed E-state index contributed by atoms with van der Waals surface area (Å²) in [5, 5.41) is 0. The molecule has 106 valence electrons. The first-order chi connectivity index (χ1) is 9.36. The molecule has 0 unspecified atom stereocenters. The smallest absolute Gasteiger partial charge is 0.368 e. The predicted octanol–water partition coefficient (Wildman–Crippen LogP) is 2.11. The number of halogens is 3. The summed E-state index contributed by atoms with van der Waals surface area (Å²) >= 11 is 0. The zero-order chi connectivity index (χ0) is 14.8. The van der Waals surface area contributed by atoms with Crippen molar-refractivity contribution < 1.29 is 13.2 Å². The van der Waals surface area contributed by atoms with E-state index in [9.17, 15) is 13.2 Å². The molecule has 0 aromatic carbocycles. The molecule has 0 bridgehead atoms. The molecule has 5 nitrogen and oxygen atoms in total. The molecular formula is C12H12F3N5. The molecule has 0 saturated carbocycles. The Morgan fingerprint density at radius 3 is 2.60 bits per heavy atom. The van der Waals surface area contributed by atoms with Crippen molar-refractivity contribution in [3.63, 3.8) is 0 Å². The lowest BCUT2D eigenvalue weighted by Gasteiger charge is -2.19. The first-order valence-corrected chi connectivity index (χ1v) is 5.69.